The van der Waals surface area contributed by atoms with Gasteiger partial charge in [0.25, 0.3) is 0 Å². The molecule has 6 nitrogen and oxygen atoms in total. The number of para-hydroxylation sites is 1. The van der Waals surface area contributed by atoms with Gasteiger partial charge in [0.05, 0.1) is 5.69 Å². The zero-order valence-electron chi connectivity index (χ0n) is 17.9. The third-order valence-corrected chi connectivity index (χ3v) is 6.11. The molecule has 1 aliphatic rings. The van der Waals surface area contributed by atoms with E-state index in [1.54, 1.807) is 6.92 Å². The van der Waals surface area contributed by atoms with Gasteiger partial charge in [-0.25, -0.2) is 0 Å². The van der Waals surface area contributed by atoms with E-state index >= 15 is 0 Å². The number of aromatic nitrogens is 1. The predicted octanol–water partition coefficient (Wildman–Crippen LogP) is 0.268. The number of carbonyl (C=O) groups excluding carboxylic acids is 2. The molecule has 1 aliphatic heterocycles. The largest absolute Gasteiger partial charge is 0.488 e. The fraction of sp³-hybridized carbons (Fsp3) is 0.478. The number of piperazine rings is 1. The second-order valence-electron chi connectivity index (χ2n) is 8.09. The topological polar surface area (TPSA) is 68.0 Å². The van der Waals surface area contributed by atoms with Crippen LogP contribution in [-0.2, 0) is 0 Å². The highest BCUT2D eigenvalue weighted by Crippen LogP contribution is 2.19. The van der Waals surface area contributed by atoms with Crippen molar-refractivity contribution in [3.05, 3.63) is 52.8 Å². The SMILES string of the molecule is CC(=O)c1c(C)[nH]c(C(=O)[C@@H](C)[NH+]2CC[NH+](CCOc3ccccc3)CC2)c1C. The molecule has 1 fully saturated rings. The smallest absolute Gasteiger partial charge is 0.235 e. The number of hydrogen-bond donors (Lipinski definition) is 3. The molecule has 0 amide bonds. The Morgan fingerprint density at radius 1 is 1.10 bits per heavy atom. The third-order valence-electron chi connectivity index (χ3n) is 6.11. The van der Waals surface area contributed by atoms with Crippen LogP contribution in [0.2, 0.25) is 0 Å². The summed E-state index contributed by atoms with van der Waals surface area (Å²) < 4.78 is 5.81. The highest BCUT2D eigenvalue weighted by molar-refractivity contribution is 6.04. The molecule has 0 bridgehead atoms. The number of aromatic amines is 1. The van der Waals surface area contributed by atoms with Gasteiger partial charge in [-0.3, -0.25) is 9.59 Å². The quantitative estimate of drug-likeness (QED) is 0.558. The summed E-state index contributed by atoms with van der Waals surface area (Å²) in [4.78, 5) is 30.9. The van der Waals surface area contributed by atoms with E-state index in [0.29, 0.717) is 17.9 Å². The van der Waals surface area contributed by atoms with Crippen LogP contribution in [0.1, 0.15) is 46.0 Å². The number of hydrogen-bond acceptors (Lipinski definition) is 3. The minimum Gasteiger partial charge on any atom is -0.488 e. The molecule has 2 heterocycles. The van der Waals surface area contributed by atoms with Gasteiger partial charge in [-0.1, -0.05) is 18.2 Å². The second kappa shape index (κ2) is 9.37. The molecule has 1 saturated heterocycles. The molecule has 3 N–H and O–H groups in total. The molecule has 1 atom stereocenters. The van der Waals surface area contributed by atoms with Crippen LogP contribution in [0.4, 0.5) is 0 Å². The van der Waals surface area contributed by atoms with Gasteiger partial charge in [-0.2, -0.15) is 0 Å². The van der Waals surface area contributed by atoms with Gasteiger partial charge in [0.2, 0.25) is 5.78 Å². The van der Waals surface area contributed by atoms with E-state index in [4.69, 9.17) is 4.74 Å². The van der Waals surface area contributed by atoms with Crippen molar-refractivity contribution in [3.63, 3.8) is 0 Å². The van der Waals surface area contributed by atoms with Crippen molar-refractivity contribution in [2.24, 2.45) is 0 Å². The Kier molecular flexibility index (Phi) is 6.87. The molecule has 3 rings (SSSR count). The normalized spacial score (nSPS) is 20.3. The Bertz CT molecular complexity index is 852. The van der Waals surface area contributed by atoms with E-state index in [9.17, 15) is 9.59 Å². The lowest BCUT2D eigenvalue weighted by Crippen LogP contribution is -3.30. The molecule has 0 unspecified atom stereocenters. The van der Waals surface area contributed by atoms with Gasteiger partial charge >= 0.3 is 0 Å². The number of ketones is 2. The molecule has 0 spiro atoms. The minimum absolute atomic E-state index is 0.00485. The van der Waals surface area contributed by atoms with Crippen molar-refractivity contribution in [3.8, 4) is 5.75 Å². The summed E-state index contributed by atoms with van der Waals surface area (Å²) in [5.41, 5.74) is 2.82. The van der Waals surface area contributed by atoms with Crippen LogP contribution in [0.25, 0.3) is 0 Å². The Morgan fingerprint density at radius 3 is 2.34 bits per heavy atom. The summed E-state index contributed by atoms with van der Waals surface area (Å²) in [6, 6.07) is 9.79. The summed E-state index contributed by atoms with van der Waals surface area (Å²) in [5.74, 6) is 1.02. The van der Waals surface area contributed by atoms with Crippen molar-refractivity contribution in [1.82, 2.24) is 4.98 Å². The molecule has 0 aliphatic carbocycles. The maximum Gasteiger partial charge on any atom is 0.235 e. The molecule has 0 radical (unpaired) electrons. The van der Waals surface area contributed by atoms with Crippen LogP contribution >= 0.6 is 0 Å². The van der Waals surface area contributed by atoms with Crippen LogP contribution in [0.3, 0.4) is 0 Å². The first kappa shape index (κ1) is 21.3. The molecule has 0 saturated carbocycles. The van der Waals surface area contributed by atoms with E-state index in [1.807, 2.05) is 51.1 Å². The molecular weight excluding hydrogens is 366 g/mol. The predicted molar refractivity (Wildman–Crippen MR) is 112 cm³/mol. The minimum atomic E-state index is -0.117. The molecule has 1 aromatic carbocycles. The lowest BCUT2D eigenvalue weighted by Gasteiger charge is -2.32. The Morgan fingerprint density at radius 2 is 1.76 bits per heavy atom. The number of rotatable bonds is 8. The number of quaternary nitrogens is 2. The number of carbonyl (C=O) groups is 2. The Hall–Kier alpha value is -2.44. The molecule has 2 aromatic rings. The van der Waals surface area contributed by atoms with Gasteiger partial charge < -0.3 is 19.5 Å². The van der Waals surface area contributed by atoms with E-state index in [2.05, 4.69) is 4.98 Å². The number of nitrogens with one attached hydrogen (secondary N) is 3. The second-order valence-corrected chi connectivity index (χ2v) is 8.09. The lowest BCUT2D eigenvalue weighted by atomic mass is 10.0. The fourth-order valence-electron chi connectivity index (χ4n) is 4.36. The van der Waals surface area contributed by atoms with E-state index < -0.39 is 0 Å². The van der Waals surface area contributed by atoms with Crippen molar-refractivity contribution in [1.29, 1.82) is 0 Å². The van der Waals surface area contributed by atoms with E-state index in [0.717, 1.165) is 49.7 Å². The van der Waals surface area contributed by atoms with Gasteiger partial charge in [0.15, 0.2) is 11.8 Å². The average molecular weight is 400 g/mol. The van der Waals surface area contributed by atoms with Crippen LogP contribution in [-0.4, -0.2) is 61.9 Å². The first-order chi connectivity index (χ1) is 13.9. The van der Waals surface area contributed by atoms with Gasteiger partial charge in [-0.15, -0.1) is 0 Å². The summed E-state index contributed by atoms with van der Waals surface area (Å²) in [5, 5.41) is 0. The van der Waals surface area contributed by atoms with Crippen molar-refractivity contribution >= 4 is 11.6 Å². The van der Waals surface area contributed by atoms with Crippen molar-refractivity contribution in [2.45, 2.75) is 33.7 Å². The monoisotopic (exact) mass is 399 g/mol. The number of H-pyrrole nitrogens is 1. The third kappa shape index (κ3) is 4.95. The first-order valence-electron chi connectivity index (χ1n) is 10.5. The van der Waals surface area contributed by atoms with Crippen LogP contribution in [0, 0.1) is 13.8 Å². The molecule has 6 heteroatoms. The lowest BCUT2D eigenvalue weighted by molar-refractivity contribution is -1.02. The highest BCUT2D eigenvalue weighted by Gasteiger charge is 2.33. The Balaban J connectivity index is 1.51. The summed E-state index contributed by atoms with van der Waals surface area (Å²) >= 11 is 0. The number of aryl methyl sites for hydroxylation is 1. The average Bonchev–Trinajstić information content (AvgIpc) is 3.02. The zero-order chi connectivity index (χ0) is 21.0. The number of Topliss-reactive ketones (excluding diaryl/α,β-unsaturated/α-hetero) is 2. The van der Waals surface area contributed by atoms with Crippen LogP contribution in [0.15, 0.2) is 30.3 Å². The summed E-state index contributed by atoms with van der Waals surface area (Å²) in [6.45, 7) is 13.0. The van der Waals surface area contributed by atoms with E-state index in [1.165, 1.54) is 9.80 Å². The standard InChI is InChI=1S/C23H31N3O3/c1-16-21(19(4)27)17(2)24-22(16)23(28)18(3)26-12-10-25(11-13-26)14-15-29-20-8-6-5-7-9-20/h5-9,18,24H,10-15H2,1-4H3/p+2/t18-/m1/s1. The molecule has 29 heavy (non-hydrogen) atoms. The fourth-order valence-corrected chi connectivity index (χ4v) is 4.36. The maximum atomic E-state index is 13.1. The van der Waals surface area contributed by atoms with E-state index in [-0.39, 0.29) is 17.6 Å². The molecule has 156 valence electrons. The van der Waals surface area contributed by atoms with Crippen molar-refractivity contribution in [2.75, 3.05) is 39.3 Å². The molecular formula is C23H33N3O3+2. The first-order valence-corrected chi connectivity index (χ1v) is 10.5. The van der Waals surface area contributed by atoms with Crippen LogP contribution in [0.5, 0.6) is 5.75 Å². The summed E-state index contributed by atoms with van der Waals surface area (Å²) in [7, 11) is 0. The van der Waals surface area contributed by atoms with Crippen LogP contribution < -0.4 is 14.5 Å². The summed E-state index contributed by atoms with van der Waals surface area (Å²) in [6.07, 6.45) is 0. The van der Waals surface area contributed by atoms with Gasteiger partial charge in [-0.05, 0) is 45.4 Å². The number of benzene rings is 1. The highest BCUT2D eigenvalue weighted by atomic mass is 16.5. The van der Waals surface area contributed by atoms with Gasteiger partial charge in [0.1, 0.15) is 45.1 Å². The Labute approximate surface area is 172 Å². The maximum absolute atomic E-state index is 13.1. The molecule has 1 aromatic heterocycles. The van der Waals surface area contributed by atoms with Crippen molar-refractivity contribution < 1.29 is 24.1 Å². The number of ether oxygens (including phenoxy) is 1. The van der Waals surface area contributed by atoms with Gasteiger partial charge in [0, 0.05) is 11.3 Å². The zero-order valence-corrected chi connectivity index (χ0v) is 17.9.